The second-order valence-electron chi connectivity index (χ2n) is 7.57. The summed E-state index contributed by atoms with van der Waals surface area (Å²) in [7, 11) is 0. The minimum absolute atomic E-state index is 0.0606. The first kappa shape index (κ1) is 22.8. The minimum atomic E-state index is -4.70. The van der Waals surface area contributed by atoms with Crippen molar-refractivity contribution >= 4 is 28.7 Å². The molecule has 1 aliphatic heterocycles. The molecule has 7 nitrogen and oxygen atoms in total. The Balaban J connectivity index is 1.88. The third kappa shape index (κ3) is 4.19. The molecule has 0 spiro atoms. The van der Waals surface area contributed by atoms with Crippen molar-refractivity contribution in [2.24, 2.45) is 0 Å². The van der Waals surface area contributed by atoms with E-state index in [-0.39, 0.29) is 29.0 Å². The van der Waals surface area contributed by atoms with Gasteiger partial charge < -0.3 is 9.87 Å². The molecule has 33 heavy (non-hydrogen) atoms. The quantitative estimate of drug-likeness (QED) is 0.677. The van der Waals surface area contributed by atoms with E-state index in [0.29, 0.717) is 29.0 Å². The van der Waals surface area contributed by atoms with Crippen LogP contribution in [0.1, 0.15) is 42.1 Å². The number of pyridine rings is 1. The number of allylic oxidation sites excluding steroid dienone is 1. The van der Waals surface area contributed by atoms with Gasteiger partial charge in [0.2, 0.25) is 0 Å². The summed E-state index contributed by atoms with van der Waals surface area (Å²) in [5, 5.41) is 11.9. The average Bonchev–Trinajstić information content (AvgIpc) is 2.77. The second kappa shape index (κ2) is 8.53. The summed E-state index contributed by atoms with van der Waals surface area (Å²) >= 11 is -1.53. The predicted octanol–water partition coefficient (Wildman–Crippen LogP) is 3.99. The maximum absolute atomic E-state index is 13.2. The maximum atomic E-state index is 13.2. The van der Waals surface area contributed by atoms with E-state index in [4.69, 9.17) is 0 Å². The Labute approximate surface area is 190 Å². The lowest BCUT2D eigenvalue weighted by atomic mass is 9.84. The molecule has 2 amide bonds. The van der Waals surface area contributed by atoms with E-state index >= 15 is 0 Å². The number of ketones is 1. The lowest BCUT2D eigenvalue weighted by molar-refractivity contribution is -0.141. The number of hydrogen-bond donors (Lipinski definition) is 1. The number of Topliss-reactive ketones (excluding diaryl/α,β-unsaturated/α-hetero) is 1. The number of carbonyl (C=O) groups is 2. The zero-order valence-corrected chi connectivity index (χ0v) is 18.1. The average molecular weight is 474 g/mol. The van der Waals surface area contributed by atoms with Crippen molar-refractivity contribution in [1.82, 2.24) is 10.3 Å². The maximum Gasteiger partial charge on any atom is 0.433 e. The van der Waals surface area contributed by atoms with Crippen LogP contribution in [0, 0.1) is 11.3 Å². The van der Waals surface area contributed by atoms with Crippen LogP contribution in [0.3, 0.4) is 0 Å². The Hall–Kier alpha value is -3.36. The third-order valence-corrected chi connectivity index (χ3v) is 6.49. The molecule has 1 aromatic carbocycles. The van der Waals surface area contributed by atoms with Gasteiger partial charge in [-0.1, -0.05) is 6.07 Å². The second-order valence-corrected chi connectivity index (χ2v) is 8.92. The van der Waals surface area contributed by atoms with E-state index in [1.54, 1.807) is 0 Å². The predicted molar refractivity (Wildman–Crippen MR) is 112 cm³/mol. The number of hydrogen-bond acceptors (Lipinski definition) is 5. The van der Waals surface area contributed by atoms with Crippen LogP contribution in [0.15, 0.2) is 52.7 Å². The van der Waals surface area contributed by atoms with Gasteiger partial charge in [-0.3, -0.25) is 14.7 Å². The van der Waals surface area contributed by atoms with Crippen molar-refractivity contribution in [3.63, 3.8) is 0 Å². The van der Waals surface area contributed by atoms with Crippen molar-refractivity contribution in [1.29, 1.82) is 5.26 Å². The van der Waals surface area contributed by atoms with Gasteiger partial charge in [-0.15, -0.1) is 0 Å². The molecule has 11 heteroatoms. The van der Waals surface area contributed by atoms with E-state index in [2.05, 4.69) is 10.3 Å². The lowest BCUT2D eigenvalue weighted by Crippen LogP contribution is -2.49. The summed E-state index contributed by atoms with van der Waals surface area (Å²) < 4.78 is 52.0. The van der Waals surface area contributed by atoms with Crippen LogP contribution in [0.4, 0.5) is 23.7 Å². The number of carbonyl (C=O) groups excluding carboxylic acids is 2. The number of nitrogens with one attached hydrogen (secondary N) is 1. The standard InChI is InChI=1S/C22H17F3N4O3S/c1-33(32)17-9-12(11-26)5-6-14(17)20-19-15(3-2-4-16(19)30)29(21(31)28-20)13-7-8-27-18(10-13)22(23,24)25/h5-10,20H,2-4H2,1H3,(H,28,31). The summed E-state index contributed by atoms with van der Waals surface area (Å²) in [4.78, 5) is 30.8. The van der Waals surface area contributed by atoms with Gasteiger partial charge in [-0.05, 0) is 42.2 Å². The Morgan fingerprint density at radius 2 is 2.00 bits per heavy atom. The van der Waals surface area contributed by atoms with Gasteiger partial charge >= 0.3 is 12.2 Å². The summed E-state index contributed by atoms with van der Waals surface area (Å²) in [6.45, 7) is 0. The van der Waals surface area contributed by atoms with E-state index in [1.807, 2.05) is 6.07 Å². The summed E-state index contributed by atoms with van der Waals surface area (Å²) in [5.74, 6) is -0.256. The largest absolute Gasteiger partial charge is 0.612 e. The molecule has 2 atom stereocenters. The van der Waals surface area contributed by atoms with Gasteiger partial charge in [0.05, 0.1) is 23.4 Å². The number of alkyl halides is 3. The number of amides is 2. The molecule has 1 aliphatic carbocycles. The van der Waals surface area contributed by atoms with Gasteiger partial charge in [-0.25, -0.2) is 4.79 Å². The molecule has 2 heterocycles. The molecule has 0 bridgehead atoms. The summed E-state index contributed by atoms with van der Waals surface area (Å²) in [6.07, 6.45) is -1.37. The topological polar surface area (TPSA) is 109 Å². The highest BCUT2D eigenvalue weighted by Crippen LogP contribution is 2.41. The first-order valence-electron chi connectivity index (χ1n) is 9.89. The number of aromatic nitrogens is 1. The molecule has 0 fully saturated rings. The first-order chi connectivity index (χ1) is 15.6. The van der Waals surface area contributed by atoms with E-state index in [1.165, 1.54) is 30.5 Å². The fourth-order valence-corrected chi connectivity index (χ4v) is 4.91. The van der Waals surface area contributed by atoms with Gasteiger partial charge in [0.15, 0.2) is 10.7 Å². The van der Waals surface area contributed by atoms with Crippen molar-refractivity contribution in [3.8, 4) is 6.07 Å². The first-order valence-corrected chi connectivity index (χ1v) is 11.4. The molecule has 2 aliphatic rings. The molecular formula is C22H17F3N4O3S. The zero-order valence-electron chi connectivity index (χ0n) is 17.3. The van der Waals surface area contributed by atoms with Crippen LogP contribution in [0.2, 0.25) is 0 Å². The number of nitrogens with zero attached hydrogens (tertiary/aromatic N) is 3. The van der Waals surface area contributed by atoms with E-state index in [9.17, 15) is 32.6 Å². The Morgan fingerprint density at radius 1 is 1.24 bits per heavy atom. The normalized spacial score (nSPS) is 19.6. The number of nitriles is 1. The smallest absolute Gasteiger partial charge is 0.433 e. The Morgan fingerprint density at radius 3 is 2.67 bits per heavy atom. The zero-order chi connectivity index (χ0) is 23.9. The van der Waals surface area contributed by atoms with Crippen LogP contribution in [-0.2, 0) is 22.1 Å². The number of benzene rings is 1. The number of anilines is 1. The van der Waals surface area contributed by atoms with Crippen LogP contribution < -0.4 is 10.2 Å². The van der Waals surface area contributed by atoms with E-state index in [0.717, 1.165) is 17.2 Å². The molecule has 2 unspecified atom stereocenters. The Kier molecular flexibility index (Phi) is 5.90. The minimum Gasteiger partial charge on any atom is -0.612 e. The van der Waals surface area contributed by atoms with Crippen molar-refractivity contribution in [2.45, 2.75) is 36.4 Å². The SMILES string of the molecule is C[S+]([O-])c1cc(C#N)ccc1C1NC(=O)N(c2ccnc(C(F)(F)F)c2)C2=C1C(=O)CCC2. The Bertz CT molecular complexity index is 1220. The number of halogens is 3. The highest BCUT2D eigenvalue weighted by molar-refractivity contribution is 7.90. The number of rotatable bonds is 3. The monoisotopic (exact) mass is 474 g/mol. The molecule has 0 saturated carbocycles. The van der Waals surface area contributed by atoms with Gasteiger partial charge in [-0.2, -0.15) is 18.4 Å². The summed E-state index contributed by atoms with van der Waals surface area (Å²) in [5.41, 5.74) is -0.00615. The molecular weight excluding hydrogens is 457 g/mol. The van der Waals surface area contributed by atoms with E-state index < -0.39 is 35.1 Å². The van der Waals surface area contributed by atoms with Crippen molar-refractivity contribution < 1.29 is 27.3 Å². The molecule has 0 saturated heterocycles. The molecule has 1 aromatic heterocycles. The highest BCUT2D eigenvalue weighted by atomic mass is 32.2. The number of urea groups is 1. The molecule has 2 aromatic rings. The fourth-order valence-electron chi connectivity index (χ4n) is 4.10. The van der Waals surface area contributed by atoms with Gasteiger partial charge in [0.1, 0.15) is 11.9 Å². The van der Waals surface area contributed by atoms with Gasteiger partial charge in [0.25, 0.3) is 0 Å². The highest BCUT2D eigenvalue weighted by Gasteiger charge is 2.42. The summed E-state index contributed by atoms with van der Waals surface area (Å²) in [6, 6.07) is 6.82. The van der Waals surface area contributed by atoms with Crippen LogP contribution >= 0.6 is 0 Å². The fraction of sp³-hybridized carbons (Fsp3) is 0.273. The van der Waals surface area contributed by atoms with Crippen LogP contribution in [0.5, 0.6) is 0 Å². The molecule has 170 valence electrons. The van der Waals surface area contributed by atoms with Crippen molar-refractivity contribution in [3.05, 3.63) is 64.6 Å². The van der Waals surface area contributed by atoms with Crippen molar-refractivity contribution in [2.75, 3.05) is 11.2 Å². The van der Waals surface area contributed by atoms with Gasteiger partial charge in [0, 0.05) is 35.5 Å². The van der Waals surface area contributed by atoms with Crippen LogP contribution in [-0.4, -0.2) is 27.6 Å². The molecule has 1 N–H and O–H groups in total. The lowest BCUT2D eigenvalue weighted by Gasteiger charge is -2.39. The third-order valence-electron chi connectivity index (χ3n) is 5.51. The molecule has 4 rings (SSSR count). The molecule has 0 radical (unpaired) electrons. The van der Waals surface area contributed by atoms with Crippen LogP contribution in [0.25, 0.3) is 0 Å².